The molecule has 0 aliphatic rings. The third kappa shape index (κ3) is 3.67. The van der Waals surface area contributed by atoms with E-state index in [-0.39, 0.29) is 5.69 Å². The molecule has 2 aromatic carbocycles. The summed E-state index contributed by atoms with van der Waals surface area (Å²) in [5, 5.41) is 20.2. The Hall–Kier alpha value is -3.17. The molecule has 5 nitrogen and oxygen atoms in total. The van der Waals surface area contributed by atoms with Gasteiger partial charge in [0.1, 0.15) is 11.5 Å². The number of furan rings is 1. The molecule has 0 saturated carbocycles. The van der Waals surface area contributed by atoms with Crippen LogP contribution in [0.2, 0.25) is 0 Å². The van der Waals surface area contributed by atoms with Gasteiger partial charge in [-0.05, 0) is 45.8 Å². The number of hydrogen-bond acceptors (Lipinski definition) is 4. The highest BCUT2D eigenvalue weighted by Crippen LogP contribution is 2.33. The lowest BCUT2D eigenvalue weighted by Crippen LogP contribution is -1.88. The third-order valence-electron chi connectivity index (χ3n) is 3.55. The molecule has 0 spiro atoms. The van der Waals surface area contributed by atoms with Gasteiger partial charge in [0.15, 0.2) is 0 Å². The second kappa shape index (κ2) is 7.16. The van der Waals surface area contributed by atoms with Crippen LogP contribution >= 0.6 is 15.9 Å². The monoisotopic (exact) mass is 394 g/mol. The van der Waals surface area contributed by atoms with E-state index in [1.54, 1.807) is 24.3 Å². The minimum absolute atomic E-state index is 0.00172. The Morgan fingerprint density at radius 1 is 1.16 bits per heavy atom. The SMILES string of the molecule is N#C/C(=C/c1ccc(-c2ccc([N+](=O)[O-])cc2Br)o1)c1ccccc1. The zero-order valence-corrected chi connectivity index (χ0v) is 14.4. The fraction of sp³-hybridized carbons (Fsp3) is 0. The lowest BCUT2D eigenvalue weighted by atomic mass is 10.1. The summed E-state index contributed by atoms with van der Waals surface area (Å²) < 4.78 is 6.34. The Morgan fingerprint density at radius 2 is 1.92 bits per heavy atom. The largest absolute Gasteiger partial charge is 0.457 e. The highest BCUT2D eigenvalue weighted by molar-refractivity contribution is 9.10. The Kier molecular flexibility index (Phi) is 4.78. The summed E-state index contributed by atoms with van der Waals surface area (Å²) >= 11 is 3.33. The van der Waals surface area contributed by atoms with Crippen molar-refractivity contribution in [2.75, 3.05) is 0 Å². The maximum atomic E-state index is 10.8. The van der Waals surface area contributed by atoms with Crippen molar-refractivity contribution in [2.24, 2.45) is 0 Å². The van der Waals surface area contributed by atoms with Crippen LogP contribution in [-0.2, 0) is 0 Å². The first-order valence-electron chi connectivity index (χ1n) is 7.30. The Balaban J connectivity index is 1.94. The second-order valence-electron chi connectivity index (χ2n) is 5.16. The molecule has 0 radical (unpaired) electrons. The number of benzene rings is 2. The zero-order chi connectivity index (χ0) is 17.8. The van der Waals surface area contributed by atoms with Crippen molar-refractivity contribution in [1.82, 2.24) is 0 Å². The average molecular weight is 395 g/mol. The van der Waals surface area contributed by atoms with Crippen molar-refractivity contribution in [3.63, 3.8) is 0 Å². The summed E-state index contributed by atoms with van der Waals surface area (Å²) in [5.74, 6) is 1.08. The van der Waals surface area contributed by atoms with Gasteiger partial charge in [-0.25, -0.2) is 0 Å². The van der Waals surface area contributed by atoms with Crippen molar-refractivity contribution < 1.29 is 9.34 Å². The van der Waals surface area contributed by atoms with E-state index in [0.717, 1.165) is 5.56 Å². The number of allylic oxidation sites excluding steroid dienone is 1. The van der Waals surface area contributed by atoms with Crippen molar-refractivity contribution in [2.45, 2.75) is 0 Å². The fourth-order valence-corrected chi connectivity index (χ4v) is 2.89. The summed E-state index contributed by atoms with van der Waals surface area (Å²) in [6.07, 6.45) is 1.66. The molecule has 0 atom stereocenters. The number of nitro groups is 1. The number of nitrogens with zero attached hydrogens (tertiary/aromatic N) is 2. The Morgan fingerprint density at radius 3 is 2.56 bits per heavy atom. The van der Waals surface area contributed by atoms with Crippen LogP contribution < -0.4 is 0 Å². The molecule has 0 aliphatic heterocycles. The van der Waals surface area contributed by atoms with Gasteiger partial charge >= 0.3 is 0 Å². The molecule has 0 N–H and O–H groups in total. The summed E-state index contributed by atoms with van der Waals surface area (Å²) in [5.41, 5.74) is 1.99. The van der Waals surface area contributed by atoms with Gasteiger partial charge in [-0.3, -0.25) is 10.1 Å². The van der Waals surface area contributed by atoms with Gasteiger partial charge in [-0.2, -0.15) is 5.26 Å². The molecule has 0 fully saturated rings. The van der Waals surface area contributed by atoms with E-state index >= 15 is 0 Å². The van der Waals surface area contributed by atoms with Crippen molar-refractivity contribution in [3.8, 4) is 17.4 Å². The number of hydrogen-bond donors (Lipinski definition) is 0. The Bertz CT molecular complexity index is 1000. The van der Waals surface area contributed by atoms with Crippen molar-refractivity contribution in [1.29, 1.82) is 5.26 Å². The molecular weight excluding hydrogens is 384 g/mol. The number of non-ortho nitro benzene ring substituents is 1. The number of halogens is 1. The van der Waals surface area contributed by atoms with Gasteiger partial charge in [-0.15, -0.1) is 0 Å². The topological polar surface area (TPSA) is 80.1 Å². The maximum absolute atomic E-state index is 10.8. The lowest BCUT2D eigenvalue weighted by molar-refractivity contribution is -0.384. The standard InChI is InChI=1S/C19H11BrN2O3/c20-18-11-15(22(23)24)6-8-17(18)19-9-7-16(25-19)10-14(12-21)13-4-2-1-3-5-13/h1-11H/b14-10-. The van der Waals surface area contributed by atoms with Gasteiger partial charge in [0.2, 0.25) is 0 Å². The van der Waals surface area contributed by atoms with Crippen LogP contribution in [0.3, 0.4) is 0 Å². The van der Waals surface area contributed by atoms with Crippen molar-refractivity contribution >= 4 is 33.3 Å². The van der Waals surface area contributed by atoms with E-state index in [1.807, 2.05) is 30.3 Å². The molecule has 6 heteroatoms. The smallest absolute Gasteiger partial charge is 0.270 e. The predicted molar refractivity (Wildman–Crippen MR) is 98.4 cm³/mol. The molecule has 0 aliphatic carbocycles. The zero-order valence-electron chi connectivity index (χ0n) is 12.8. The summed E-state index contributed by atoms with van der Waals surface area (Å²) in [6, 6.07) is 19.5. The molecule has 122 valence electrons. The van der Waals surface area contributed by atoms with E-state index in [2.05, 4.69) is 22.0 Å². The molecule has 3 aromatic rings. The number of rotatable bonds is 4. The maximum Gasteiger partial charge on any atom is 0.270 e. The first-order valence-corrected chi connectivity index (χ1v) is 8.09. The molecule has 3 rings (SSSR count). The van der Waals surface area contributed by atoms with Crippen LogP contribution in [0.4, 0.5) is 5.69 Å². The summed E-state index contributed by atoms with van der Waals surface area (Å²) in [6.45, 7) is 0. The highest BCUT2D eigenvalue weighted by atomic mass is 79.9. The number of nitro benzene ring substituents is 1. The third-order valence-corrected chi connectivity index (χ3v) is 4.20. The fourth-order valence-electron chi connectivity index (χ4n) is 2.33. The minimum atomic E-state index is -0.454. The molecule has 0 saturated heterocycles. The van der Waals surface area contributed by atoms with Gasteiger partial charge in [-0.1, -0.05) is 30.3 Å². The minimum Gasteiger partial charge on any atom is -0.457 e. The summed E-state index contributed by atoms with van der Waals surface area (Å²) in [4.78, 5) is 10.4. The molecule has 1 aromatic heterocycles. The lowest BCUT2D eigenvalue weighted by Gasteiger charge is -2.01. The summed E-state index contributed by atoms with van der Waals surface area (Å²) in [7, 11) is 0. The van der Waals surface area contributed by atoms with Crippen LogP contribution in [0.25, 0.3) is 23.0 Å². The van der Waals surface area contributed by atoms with Gasteiger partial charge in [0.25, 0.3) is 5.69 Å². The number of nitriles is 1. The molecule has 0 amide bonds. The Labute approximate surface area is 152 Å². The van der Waals surface area contributed by atoms with Crippen LogP contribution in [0.5, 0.6) is 0 Å². The highest BCUT2D eigenvalue weighted by Gasteiger charge is 2.13. The molecule has 0 unspecified atom stereocenters. The van der Waals surface area contributed by atoms with Gasteiger partial charge in [0.05, 0.1) is 16.6 Å². The normalized spacial score (nSPS) is 11.1. The first-order chi connectivity index (χ1) is 12.1. The van der Waals surface area contributed by atoms with Gasteiger partial charge in [0, 0.05) is 22.2 Å². The van der Waals surface area contributed by atoms with E-state index in [0.29, 0.717) is 27.1 Å². The van der Waals surface area contributed by atoms with E-state index in [4.69, 9.17) is 4.42 Å². The van der Waals surface area contributed by atoms with Crippen molar-refractivity contribution in [3.05, 3.63) is 86.6 Å². The van der Waals surface area contributed by atoms with Crippen LogP contribution in [0.15, 0.2) is 69.6 Å². The molecule has 0 bridgehead atoms. The molecular formula is C19H11BrN2O3. The van der Waals surface area contributed by atoms with E-state index in [1.165, 1.54) is 12.1 Å². The second-order valence-corrected chi connectivity index (χ2v) is 6.01. The molecule has 1 heterocycles. The average Bonchev–Trinajstić information content (AvgIpc) is 3.08. The van der Waals surface area contributed by atoms with Gasteiger partial charge < -0.3 is 4.42 Å². The van der Waals surface area contributed by atoms with Crippen LogP contribution in [-0.4, -0.2) is 4.92 Å². The van der Waals surface area contributed by atoms with Crippen LogP contribution in [0, 0.1) is 21.4 Å². The predicted octanol–water partition coefficient (Wildman–Crippen LogP) is 5.68. The first kappa shape index (κ1) is 16.7. The quantitative estimate of drug-likeness (QED) is 0.323. The molecule has 25 heavy (non-hydrogen) atoms. The van der Waals surface area contributed by atoms with Crippen LogP contribution in [0.1, 0.15) is 11.3 Å². The van der Waals surface area contributed by atoms with E-state index in [9.17, 15) is 15.4 Å². The van der Waals surface area contributed by atoms with E-state index < -0.39 is 4.92 Å².